The molecule has 1 fully saturated rings. The zero-order chi connectivity index (χ0) is 13.6. The third-order valence-corrected chi connectivity index (χ3v) is 4.60. The number of ether oxygens (including phenoxy) is 1. The molecule has 1 spiro atoms. The van der Waals surface area contributed by atoms with Gasteiger partial charge in [0, 0.05) is 48.6 Å². The molecule has 1 aromatic rings. The quantitative estimate of drug-likeness (QED) is 0.859. The number of hydrogen-bond donors (Lipinski definition) is 1. The summed E-state index contributed by atoms with van der Waals surface area (Å²) in [7, 11) is 0. The summed E-state index contributed by atoms with van der Waals surface area (Å²) in [6.45, 7) is 6.53. The Morgan fingerprint density at radius 3 is 2.95 bits per heavy atom. The van der Waals surface area contributed by atoms with Crippen LogP contribution in [0.5, 0.6) is 5.75 Å². The maximum absolute atomic E-state index is 6.33. The number of nitrogens with two attached hydrogens (primary N) is 1. The van der Waals surface area contributed by atoms with Crippen LogP contribution < -0.4 is 10.5 Å². The molecule has 2 unspecified atom stereocenters. The maximum Gasteiger partial charge on any atom is 0.125 e. The van der Waals surface area contributed by atoms with Crippen molar-refractivity contribution in [1.29, 1.82) is 0 Å². The number of nitrogens with zero attached hydrogens (tertiary/aromatic N) is 1. The number of benzene rings is 1. The van der Waals surface area contributed by atoms with Crippen LogP contribution in [0, 0.1) is 0 Å². The summed E-state index contributed by atoms with van der Waals surface area (Å²) in [6.07, 6.45) is 1.94. The van der Waals surface area contributed by atoms with Crippen molar-refractivity contribution >= 4 is 11.6 Å². The Hall–Kier alpha value is -0.770. The summed E-state index contributed by atoms with van der Waals surface area (Å²) in [4.78, 5) is 2.47. The highest BCUT2D eigenvalue weighted by Gasteiger charge is 2.45. The van der Waals surface area contributed by atoms with Gasteiger partial charge in [0.15, 0.2) is 0 Å². The van der Waals surface area contributed by atoms with E-state index in [1.165, 1.54) is 0 Å². The van der Waals surface area contributed by atoms with Gasteiger partial charge in [-0.2, -0.15) is 0 Å². The first kappa shape index (κ1) is 13.2. The molecule has 3 nitrogen and oxygen atoms in total. The Morgan fingerprint density at radius 1 is 1.47 bits per heavy atom. The molecule has 1 aromatic carbocycles. The fourth-order valence-corrected chi connectivity index (χ4v) is 3.43. The first-order valence-electron chi connectivity index (χ1n) is 6.97. The summed E-state index contributed by atoms with van der Waals surface area (Å²) < 4.78 is 6.31. The van der Waals surface area contributed by atoms with Crippen LogP contribution in [0.3, 0.4) is 0 Å². The van der Waals surface area contributed by atoms with E-state index in [0.29, 0.717) is 6.04 Å². The fourth-order valence-electron chi connectivity index (χ4n) is 3.25. The zero-order valence-electron chi connectivity index (χ0n) is 11.5. The second-order valence-corrected chi connectivity index (χ2v) is 6.53. The van der Waals surface area contributed by atoms with Crippen molar-refractivity contribution in [3.8, 4) is 5.75 Å². The minimum absolute atomic E-state index is 0.0227. The van der Waals surface area contributed by atoms with E-state index >= 15 is 0 Å². The average molecular weight is 281 g/mol. The van der Waals surface area contributed by atoms with Crippen molar-refractivity contribution in [3.63, 3.8) is 0 Å². The second-order valence-electron chi connectivity index (χ2n) is 6.09. The smallest absolute Gasteiger partial charge is 0.125 e. The molecule has 0 bridgehead atoms. The van der Waals surface area contributed by atoms with Crippen molar-refractivity contribution < 1.29 is 4.74 Å². The highest BCUT2D eigenvalue weighted by Crippen LogP contribution is 2.43. The van der Waals surface area contributed by atoms with Crippen molar-refractivity contribution in [2.24, 2.45) is 5.73 Å². The predicted octanol–water partition coefficient (Wildman–Crippen LogP) is 2.98. The predicted molar refractivity (Wildman–Crippen MR) is 77.7 cm³/mol. The van der Waals surface area contributed by atoms with Gasteiger partial charge in [0.2, 0.25) is 0 Å². The molecule has 2 aliphatic heterocycles. The molecule has 1 saturated heterocycles. The Labute approximate surface area is 119 Å². The normalized spacial score (nSPS) is 30.7. The second kappa shape index (κ2) is 4.65. The topological polar surface area (TPSA) is 38.5 Å². The van der Waals surface area contributed by atoms with E-state index in [4.69, 9.17) is 22.1 Å². The van der Waals surface area contributed by atoms with Crippen molar-refractivity contribution in [2.45, 2.75) is 44.4 Å². The van der Waals surface area contributed by atoms with Gasteiger partial charge in [-0.1, -0.05) is 11.6 Å². The summed E-state index contributed by atoms with van der Waals surface area (Å²) in [6, 6.07) is 6.35. The largest absolute Gasteiger partial charge is 0.485 e. The lowest BCUT2D eigenvalue weighted by Crippen LogP contribution is -2.46. The van der Waals surface area contributed by atoms with E-state index in [9.17, 15) is 0 Å². The number of fused-ring (bicyclic) bond motifs is 1. The first-order valence-corrected chi connectivity index (χ1v) is 7.35. The van der Waals surface area contributed by atoms with Crippen molar-refractivity contribution in [3.05, 3.63) is 28.8 Å². The maximum atomic E-state index is 6.33. The van der Waals surface area contributed by atoms with Crippen LogP contribution >= 0.6 is 11.6 Å². The Kier molecular flexibility index (Phi) is 3.24. The van der Waals surface area contributed by atoms with Crippen molar-refractivity contribution in [1.82, 2.24) is 4.90 Å². The highest BCUT2D eigenvalue weighted by atomic mass is 35.5. The van der Waals surface area contributed by atoms with Gasteiger partial charge < -0.3 is 10.5 Å². The lowest BCUT2D eigenvalue weighted by Gasteiger charge is -2.39. The zero-order valence-corrected chi connectivity index (χ0v) is 12.3. The van der Waals surface area contributed by atoms with Crippen molar-refractivity contribution in [2.75, 3.05) is 13.1 Å². The standard InChI is InChI=1S/C15H21ClN2O/c1-10(2)18-6-5-15(9-18)8-13(17)12-7-11(16)3-4-14(12)19-15/h3-4,7,10,13H,5-6,8-9,17H2,1-2H3. The molecule has 2 heterocycles. The van der Waals surface area contributed by atoms with E-state index in [2.05, 4.69) is 18.7 Å². The Morgan fingerprint density at radius 2 is 2.26 bits per heavy atom. The SMILES string of the molecule is CC(C)N1CCC2(CC(N)c3cc(Cl)ccc3O2)C1. The third-order valence-electron chi connectivity index (χ3n) is 4.37. The van der Waals surface area contributed by atoms with Gasteiger partial charge in [-0.15, -0.1) is 0 Å². The molecule has 0 amide bonds. The number of likely N-dealkylation sites (tertiary alicyclic amines) is 1. The summed E-state index contributed by atoms with van der Waals surface area (Å²) in [5, 5.41) is 0.726. The van der Waals surface area contributed by atoms with E-state index in [1.54, 1.807) is 0 Å². The van der Waals surface area contributed by atoms with E-state index in [0.717, 1.165) is 42.3 Å². The molecular formula is C15H21ClN2O. The number of halogens is 1. The minimum Gasteiger partial charge on any atom is -0.485 e. The molecule has 0 aromatic heterocycles. The van der Waals surface area contributed by atoms with Gasteiger partial charge in [0.05, 0.1) is 0 Å². The number of hydrogen-bond acceptors (Lipinski definition) is 3. The van der Waals surface area contributed by atoms with Crippen LogP contribution in [0.25, 0.3) is 0 Å². The van der Waals surface area contributed by atoms with E-state index in [1.807, 2.05) is 18.2 Å². The van der Waals surface area contributed by atoms with E-state index in [-0.39, 0.29) is 11.6 Å². The van der Waals surface area contributed by atoms with Gasteiger partial charge in [-0.3, -0.25) is 4.90 Å². The lowest BCUT2D eigenvalue weighted by molar-refractivity contribution is 0.0409. The average Bonchev–Trinajstić information content (AvgIpc) is 2.74. The van der Waals surface area contributed by atoms with E-state index < -0.39 is 0 Å². The molecule has 104 valence electrons. The highest BCUT2D eigenvalue weighted by molar-refractivity contribution is 6.30. The monoisotopic (exact) mass is 280 g/mol. The molecule has 0 radical (unpaired) electrons. The fraction of sp³-hybridized carbons (Fsp3) is 0.600. The van der Waals surface area contributed by atoms with Gasteiger partial charge in [0.1, 0.15) is 11.4 Å². The van der Waals surface area contributed by atoms with Gasteiger partial charge in [-0.25, -0.2) is 0 Å². The third kappa shape index (κ3) is 2.35. The van der Waals surface area contributed by atoms with Crippen LogP contribution in [0.1, 0.15) is 38.3 Å². The molecule has 0 aliphatic carbocycles. The summed E-state index contributed by atoms with van der Waals surface area (Å²) in [5.41, 5.74) is 7.27. The Bertz CT molecular complexity index is 491. The summed E-state index contributed by atoms with van der Waals surface area (Å²) in [5.74, 6) is 0.911. The molecule has 19 heavy (non-hydrogen) atoms. The molecular weight excluding hydrogens is 260 g/mol. The molecule has 2 aliphatic rings. The van der Waals surface area contributed by atoms with Gasteiger partial charge >= 0.3 is 0 Å². The molecule has 4 heteroatoms. The van der Waals surface area contributed by atoms with Crippen LogP contribution in [0.4, 0.5) is 0 Å². The Balaban J connectivity index is 1.87. The number of rotatable bonds is 1. The van der Waals surface area contributed by atoms with Crippen LogP contribution in [0.15, 0.2) is 18.2 Å². The minimum atomic E-state index is -0.107. The van der Waals surface area contributed by atoms with Gasteiger partial charge in [-0.05, 0) is 32.0 Å². The molecule has 3 rings (SSSR count). The molecule has 0 saturated carbocycles. The van der Waals surface area contributed by atoms with Crippen LogP contribution in [-0.2, 0) is 0 Å². The first-order chi connectivity index (χ1) is 8.99. The van der Waals surface area contributed by atoms with Gasteiger partial charge in [0.25, 0.3) is 0 Å². The summed E-state index contributed by atoms with van der Waals surface area (Å²) >= 11 is 6.04. The molecule has 2 N–H and O–H groups in total. The van der Waals surface area contributed by atoms with Crippen LogP contribution in [0.2, 0.25) is 5.02 Å². The van der Waals surface area contributed by atoms with Crippen LogP contribution in [-0.4, -0.2) is 29.6 Å². The lowest BCUT2D eigenvalue weighted by atomic mass is 9.87. The molecule has 2 atom stereocenters.